The molecule has 0 bridgehead atoms. The zero-order chi connectivity index (χ0) is 0. The van der Waals surface area contributed by atoms with Gasteiger partial charge in [-0.15, -0.1) is 0 Å². The van der Waals surface area contributed by atoms with E-state index in [0.29, 0.717) is 0 Å². The Labute approximate surface area is 97.6 Å². The van der Waals surface area contributed by atoms with E-state index in [1.165, 1.54) is 0 Å². The fourth-order valence-electron chi connectivity index (χ4n) is 0. The van der Waals surface area contributed by atoms with Crippen LogP contribution in [0.25, 0.3) is 0 Å². The zero-order valence-corrected chi connectivity index (χ0v) is 1.56. The summed E-state index contributed by atoms with van der Waals surface area (Å²) in [7, 11) is 0. The van der Waals surface area contributed by atoms with Crippen LogP contribution >= 0.6 is 0 Å². The van der Waals surface area contributed by atoms with E-state index in [1.807, 2.05) is 0 Å². The second-order valence-electron chi connectivity index (χ2n) is 0. The van der Waals surface area contributed by atoms with Crippen LogP contribution in [0.4, 0.5) is 0 Å². The summed E-state index contributed by atoms with van der Waals surface area (Å²) in [6.07, 6.45) is 0. The van der Waals surface area contributed by atoms with Crippen molar-refractivity contribution in [1.29, 1.82) is 0 Å². The van der Waals surface area contributed by atoms with Gasteiger partial charge in [-0.2, -0.15) is 0 Å². The zero-order valence-electron chi connectivity index (χ0n) is 0.378. The first-order chi connectivity index (χ1) is 0. The average Bonchev–Trinajstić information content (AvgIpc) is 0. The maximum Gasteiger partial charge on any atom is 0.316 e. The second-order valence-corrected chi connectivity index (χ2v) is 0. The molecule has 1 radical (unpaired) electrons. The van der Waals surface area contributed by atoms with Gasteiger partial charge in [0.25, 0.3) is 0 Å². The van der Waals surface area contributed by atoms with Gasteiger partial charge in [0.05, 0.1) is 0 Å². The van der Waals surface area contributed by atoms with Crippen molar-refractivity contribution in [3.05, 3.63) is 0 Å². The van der Waals surface area contributed by atoms with Gasteiger partial charge in [0.2, 0.25) is 0 Å². The van der Waals surface area contributed by atoms with Gasteiger partial charge in [0, 0.05) is 17.1 Å². The Hall–Kier alpha value is 3.07. The van der Waals surface area contributed by atoms with Gasteiger partial charge in [0.15, 0.2) is 0 Å². The third-order valence-electron chi connectivity index (χ3n) is 0. The first-order valence-corrected chi connectivity index (χ1v) is 0. The van der Waals surface area contributed by atoms with Gasteiger partial charge < -0.3 is 0 Å². The Morgan fingerprint density at radius 2 is 1.00 bits per heavy atom. The van der Waals surface area contributed by atoms with E-state index in [0.717, 1.165) is 0 Å². The quantitative estimate of drug-likeness (QED) is 0.397. The largest absolute Gasteiger partial charge is 0.316 e. The molecule has 0 aromatic heterocycles. The summed E-state index contributed by atoms with van der Waals surface area (Å²) in [5.74, 6) is 0. The van der Waals surface area contributed by atoms with Gasteiger partial charge in [-0.3, -0.25) is 0 Å². The predicted octanol–water partition coefficient (Wildman–Crippen LogP) is -3.29. The summed E-state index contributed by atoms with van der Waals surface area (Å²) in [5, 5.41) is 0. The molecule has 0 saturated heterocycles. The van der Waals surface area contributed by atoms with Crippen LogP contribution in [-0.2, 0) is 17.1 Å². The van der Waals surface area contributed by atoms with Gasteiger partial charge in [-0.25, -0.2) is 0 Å². The van der Waals surface area contributed by atoms with Crippen LogP contribution in [0.15, 0.2) is 0 Å². The normalized spacial score (nSPS) is 0. The maximum absolute atomic E-state index is 0. The van der Waals surface area contributed by atoms with Gasteiger partial charge >= 0.3 is 71.9 Å². The van der Waals surface area contributed by atoms with Crippen LogP contribution in [0.2, 0.25) is 0 Å². The summed E-state index contributed by atoms with van der Waals surface area (Å²) < 4.78 is 0. The number of rotatable bonds is 0. The Morgan fingerprint density at radius 3 is 1.00 bits per heavy atom. The molecule has 0 amide bonds. The molecule has 23 valence electrons. The molecule has 0 aliphatic carbocycles. The fraction of sp³-hybridized carbons (Fsp3) is 0. The summed E-state index contributed by atoms with van der Waals surface area (Å²) in [6, 6.07) is 0. The Balaban J connectivity index is 0. The van der Waals surface area contributed by atoms with E-state index in [-0.39, 0.29) is 100.0 Å². The van der Waals surface area contributed by atoms with E-state index in [1.54, 1.807) is 0 Å². The molecule has 0 fully saturated rings. The third kappa shape index (κ3) is 8.91. The van der Waals surface area contributed by atoms with E-state index in [2.05, 4.69) is 0 Å². The Morgan fingerprint density at radius 1 is 1.00 bits per heavy atom. The van der Waals surface area contributed by atoms with Gasteiger partial charge in [-0.1, -0.05) is 0 Å². The molecule has 0 nitrogen and oxygen atoms in total. The average molecular weight is 253 g/mol. The van der Waals surface area contributed by atoms with Gasteiger partial charge in [-0.05, 0) is 11.0 Å². The van der Waals surface area contributed by atoms with Crippen molar-refractivity contribution in [2.24, 2.45) is 0 Å². The van der Waals surface area contributed by atoms with Crippen molar-refractivity contribution in [1.82, 2.24) is 0 Å². The molecule has 0 atom stereocenters. The van der Waals surface area contributed by atoms with Crippen molar-refractivity contribution in [3.8, 4) is 0 Å². The van der Waals surface area contributed by atoms with Crippen LogP contribution < -0.4 is 0 Å². The molecule has 0 aliphatic rings. The third-order valence-corrected chi connectivity index (χ3v) is 0. The fourth-order valence-corrected chi connectivity index (χ4v) is 0. The molecule has 4 heteroatoms. The van der Waals surface area contributed by atoms with Crippen LogP contribution in [0.3, 0.4) is 0 Å². The number of hydrogen-bond donors (Lipinski definition) is 0. The van der Waals surface area contributed by atoms with Crippen molar-refractivity contribution in [3.63, 3.8) is 0 Å². The van der Waals surface area contributed by atoms with E-state index >= 15 is 0 Å². The van der Waals surface area contributed by atoms with Crippen LogP contribution in [0.1, 0.15) is 0 Å². The summed E-state index contributed by atoms with van der Waals surface area (Å²) in [6.45, 7) is 0. The van der Waals surface area contributed by atoms with Crippen molar-refractivity contribution >= 4 is 82.9 Å². The summed E-state index contributed by atoms with van der Waals surface area (Å²) >= 11 is 0. The van der Waals surface area contributed by atoms with E-state index in [4.69, 9.17) is 0 Å². The monoisotopic (exact) mass is 253 g/mol. The van der Waals surface area contributed by atoms with Crippen molar-refractivity contribution in [2.45, 2.75) is 0 Å². The molecule has 0 aliphatic heterocycles. The second kappa shape index (κ2) is 16.5. The molecule has 0 unspecified atom stereocenters. The van der Waals surface area contributed by atoms with E-state index in [9.17, 15) is 0 Å². The predicted molar refractivity (Wildman–Crippen MR) is 28.4 cm³/mol. The molecule has 4 heavy (non-hydrogen) atoms. The molecule has 0 aromatic rings. The summed E-state index contributed by atoms with van der Waals surface area (Å²) in [4.78, 5) is 0. The first kappa shape index (κ1) is 27.6. The topological polar surface area (TPSA) is 0 Å². The van der Waals surface area contributed by atoms with Crippen molar-refractivity contribution < 1.29 is 17.1 Å². The summed E-state index contributed by atoms with van der Waals surface area (Å²) in [5.41, 5.74) is 0. The molecule has 0 saturated carbocycles. The Kier molecular flexibility index (Phi) is 114. The number of hydrogen-bond acceptors (Lipinski definition) is 0. The Bertz CT molecular complexity index is 8.00. The molecule has 0 aromatic carbocycles. The molecular weight excluding hydrogens is 245 g/mol. The molecule has 0 N–H and O–H groups in total. The van der Waals surface area contributed by atoms with Crippen LogP contribution in [0, 0.1) is 0 Å². The smallest absolute Gasteiger partial charge is 0.0149 e. The maximum atomic E-state index is 0. The van der Waals surface area contributed by atoms with Gasteiger partial charge in [0.1, 0.15) is 0 Å². The minimum Gasteiger partial charge on any atom is -0.0149 e. The first-order valence-electron chi connectivity index (χ1n) is 0. The minimum absolute atomic E-state index is 0. The standard InChI is InChI=1S/Ba.Mg.Mn.H4Si.4H/h;;;1H4;;;;. The molecule has 0 heterocycles. The molecule has 0 rings (SSSR count). The molecule has 0 spiro atoms. The minimum atomic E-state index is 0. The van der Waals surface area contributed by atoms with Crippen LogP contribution in [-0.4, -0.2) is 82.9 Å². The van der Waals surface area contributed by atoms with Crippen LogP contribution in [0.5, 0.6) is 0 Å². The molecular formula is H8BaMgMnSi. The van der Waals surface area contributed by atoms with Crippen molar-refractivity contribution in [2.75, 3.05) is 0 Å². The SMILES string of the molecule is [BaH2].[MgH2].[Mn].[SiH4]. The van der Waals surface area contributed by atoms with E-state index < -0.39 is 0 Å².